The van der Waals surface area contributed by atoms with E-state index in [-0.39, 0.29) is 5.91 Å². The van der Waals surface area contributed by atoms with Crippen LogP contribution in [-0.4, -0.2) is 32.3 Å². The van der Waals surface area contributed by atoms with E-state index in [2.05, 4.69) is 37.4 Å². The first-order valence-electron chi connectivity index (χ1n) is 10.8. The normalized spacial score (nSPS) is 18.1. The van der Waals surface area contributed by atoms with Crippen molar-refractivity contribution in [3.8, 4) is 5.75 Å². The number of allylic oxidation sites excluding steroid dienone is 2. The van der Waals surface area contributed by atoms with Gasteiger partial charge in [-0.1, -0.05) is 36.8 Å². The molecule has 0 unspecified atom stereocenters. The topological polar surface area (TPSA) is 47.6 Å². The SMILES string of the molecule is CCc1cccc(OCC2=CCCC(C)=C(C(=O)NCC3CCOCC3)C=C2)c1. The number of aryl methyl sites for hydroxylation is 1. The number of nitrogens with one attached hydrogen (secondary N) is 1. The number of carbonyl (C=O) groups excluding carboxylic acids is 1. The quantitative estimate of drug-likeness (QED) is 0.724. The molecule has 1 N–H and O–H groups in total. The molecule has 0 aromatic heterocycles. The molecule has 1 heterocycles. The van der Waals surface area contributed by atoms with Gasteiger partial charge in [0.15, 0.2) is 0 Å². The number of hydrogen-bond donors (Lipinski definition) is 1. The fourth-order valence-corrected chi connectivity index (χ4v) is 3.69. The Hall–Kier alpha value is -2.33. The Morgan fingerprint density at radius 1 is 1.24 bits per heavy atom. The van der Waals surface area contributed by atoms with E-state index in [4.69, 9.17) is 9.47 Å². The summed E-state index contributed by atoms with van der Waals surface area (Å²) in [5.74, 6) is 1.44. The molecule has 0 saturated carbocycles. The van der Waals surface area contributed by atoms with Gasteiger partial charge in [0.2, 0.25) is 0 Å². The van der Waals surface area contributed by atoms with Gasteiger partial charge in [0.25, 0.3) is 5.91 Å². The van der Waals surface area contributed by atoms with Crippen molar-refractivity contribution in [3.05, 3.63) is 64.8 Å². The molecule has 2 aliphatic rings. The predicted octanol–water partition coefficient (Wildman–Crippen LogP) is 4.76. The minimum atomic E-state index is 0.0306. The second kappa shape index (κ2) is 11.0. The number of amides is 1. The summed E-state index contributed by atoms with van der Waals surface area (Å²) >= 11 is 0. The Kier molecular flexibility index (Phi) is 8.12. The smallest absolute Gasteiger partial charge is 0.251 e. The van der Waals surface area contributed by atoms with Gasteiger partial charge in [0.05, 0.1) is 0 Å². The van der Waals surface area contributed by atoms with Crippen LogP contribution in [0, 0.1) is 5.92 Å². The van der Waals surface area contributed by atoms with Crippen LogP contribution in [0.4, 0.5) is 0 Å². The van der Waals surface area contributed by atoms with Gasteiger partial charge < -0.3 is 14.8 Å². The second-order valence-electron chi connectivity index (χ2n) is 7.90. The third kappa shape index (κ3) is 6.60. The lowest BCUT2D eigenvalue weighted by molar-refractivity contribution is -0.117. The van der Waals surface area contributed by atoms with Crippen LogP contribution >= 0.6 is 0 Å². The minimum absolute atomic E-state index is 0.0306. The average molecular weight is 396 g/mol. The highest BCUT2D eigenvalue weighted by atomic mass is 16.5. The van der Waals surface area contributed by atoms with Crippen LogP contribution < -0.4 is 10.1 Å². The second-order valence-corrected chi connectivity index (χ2v) is 7.90. The van der Waals surface area contributed by atoms with Crippen molar-refractivity contribution in [1.29, 1.82) is 0 Å². The summed E-state index contributed by atoms with van der Waals surface area (Å²) in [6.07, 6.45) is 11.0. The largest absolute Gasteiger partial charge is 0.489 e. The highest BCUT2D eigenvalue weighted by molar-refractivity contribution is 5.97. The van der Waals surface area contributed by atoms with Gasteiger partial charge >= 0.3 is 0 Å². The van der Waals surface area contributed by atoms with Crippen LogP contribution in [0.3, 0.4) is 0 Å². The van der Waals surface area contributed by atoms with Crippen LogP contribution in [0.15, 0.2) is 59.2 Å². The minimum Gasteiger partial charge on any atom is -0.489 e. The summed E-state index contributed by atoms with van der Waals surface area (Å²) in [5, 5.41) is 3.13. The number of hydrogen-bond acceptors (Lipinski definition) is 3. The summed E-state index contributed by atoms with van der Waals surface area (Å²) in [7, 11) is 0. The summed E-state index contributed by atoms with van der Waals surface area (Å²) in [4.78, 5) is 12.8. The van der Waals surface area contributed by atoms with Gasteiger partial charge in [-0.05, 0) is 74.3 Å². The molecule has 156 valence electrons. The Balaban J connectivity index is 1.57. The maximum atomic E-state index is 12.8. The van der Waals surface area contributed by atoms with E-state index in [1.807, 2.05) is 24.3 Å². The molecule has 1 aliphatic heterocycles. The molecule has 0 bridgehead atoms. The van der Waals surface area contributed by atoms with Gasteiger partial charge in [0, 0.05) is 25.3 Å². The fraction of sp³-hybridized carbons (Fsp3) is 0.480. The Labute approximate surface area is 174 Å². The van der Waals surface area contributed by atoms with Crippen molar-refractivity contribution in [1.82, 2.24) is 5.32 Å². The molecule has 1 amide bonds. The monoisotopic (exact) mass is 395 g/mol. The van der Waals surface area contributed by atoms with E-state index in [0.29, 0.717) is 12.5 Å². The summed E-state index contributed by atoms with van der Waals surface area (Å²) < 4.78 is 11.4. The molecule has 1 aromatic rings. The molecule has 1 aliphatic carbocycles. The van der Waals surface area contributed by atoms with Crippen molar-refractivity contribution in [2.75, 3.05) is 26.4 Å². The number of ether oxygens (including phenoxy) is 2. The molecule has 3 rings (SSSR count). The van der Waals surface area contributed by atoms with Gasteiger partial charge in [-0.15, -0.1) is 0 Å². The molecular weight excluding hydrogens is 362 g/mol. The van der Waals surface area contributed by atoms with Crippen molar-refractivity contribution < 1.29 is 14.3 Å². The molecule has 4 nitrogen and oxygen atoms in total. The van der Waals surface area contributed by atoms with Gasteiger partial charge in [-0.2, -0.15) is 0 Å². The van der Waals surface area contributed by atoms with Crippen LogP contribution in [0.2, 0.25) is 0 Å². The third-order valence-electron chi connectivity index (χ3n) is 5.70. The molecule has 0 radical (unpaired) electrons. The number of rotatable bonds is 7. The molecule has 1 saturated heterocycles. The van der Waals surface area contributed by atoms with E-state index < -0.39 is 0 Å². The molecule has 0 atom stereocenters. The highest BCUT2D eigenvalue weighted by Gasteiger charge is 2.17. The van der Waals surface area contributed by atoms with Crippen LogP contribution in [0.1, 0.15) is 45.1 Å². The Bertz CT molecular complexity index is 785. The van der Waals surface area contributed by atoms with E-state index in [0.717, 1.165) is 74.3 Å². The zero-order valence-corrected chi connectivity index (χ0v) is 17.7. The van der Waals surface area contributed by atoms with Gasteiger partial charge in [0.1, 0.15) is 12.4 Å². The Morgan fingerprint density at radius 2 is 2.07 bits per heavy atom. The fourth-order valence-electron chi connectivity index (χ4n) is 3.69. The summed E-state index contributed by atoms with van der Waals surface area (Å²) in [6, 6.07) is 8.22. The molecule has 1 aromatic carbocycles. The summed E-state index contributed by atoms with van der Waals surface area (Å²) in [5.41, 5.74) is 4.30. The molecular formula is C25H33NO3. The van der Waals surface area contributed by atoms with Crippen LogP contribution in [0.5, 0.6) is 5.75 Å². The van der Waals surface area contributed by atoms with Crippen molar-refractivity contribution in [2.45, 2.75) is 46.0 Å². The first-order chi connectivity index (χ1) is 14.2. The van der Waals surface area contributed by atoms with E-state index in [1.165, 1.54) is 5.56 Å². The molecule has 29 heavy (non-hydrogen) atoms. The average Bonchev–Trinajstić information content (AvgIpc) is 2.75. The molecule has 1 fully saturated rings. The zero-order valence-electron chi connectivity index (χ0n) is 17.7. The predicted molar refractivity (Wildman–Crippen MR) is 117 cm³/mol. The van der Waals surface area contributed by atoms with Gasteiger partial charge in [-0.3, -0.25) is 4.79 Å². The molecule has 0 spiro atoms. The number of benzene rings is 1. The highest BCUT2D eigenvalue weighted by Crippen LogP contribution is 2.20. The van der Waals surface area contributed by atoms with E-state index in [9.17, 15) is 4.79 Å². The zero-order chi connectivity index (χ0) is 20.5. The number of carbonyl (C=O) groups is 1. The maximum absolute atomic E-state index is 12.8. The summed E-state index contributed by atoms with van der Waals surface area (Å²) in [6.45, 7) is 7.04. The first-order valence-corrected chi connectivity index (χ1v) is 10.8. The first kappa shape index (κ1) is 21.4. The molecule has 4 heteroatoms. The lowest BCUT2D eigenvalue weighted by Gasteiger charge is -2.22. The van der Waals surface area contributed by atoms with Crippen LogP contribution in [0.25, 0.3) is 0 Å². The van der Waals surface area contributed by atoms with Crippen LogP contribution in [-0.2, 0) is 16.0 Å². The standard InChI is InChI=1S/C25H33NO3/c1-3-20-7-5-9-23(16-20)29-18-22-8-4-6-19(2)24(11-10-22)25(27)26-17-21-12-14-28-15-13-21/h5,7-11,16,21H,3-4,6,12-15,17-18H2,1-2H3,(H,26,27). The Morgan fingerprint density at radius 3 is 2.86 bits per heavy atom. The lowest BCUT2D eigenvalue weighted by Crippen LogP contribution is -2.33. The lowest BCUT2D eigenvalue weighted by atomic mass is 9.97. The van der Waals surface area contributed by atoms with Crippen molar-refractivity contribution >= 4 is 5.91 Å². The maximum Gasteiger partial charge on any atom is 0.251 e. The van der Waals surface area contributed by atoms with E-state index >= 15 is 0 Å². The van der Waals surface area contributed by atoms with Crippen molar-refractivity contribution in [3.63, 3.8) is 0 Å². The van der Waals surface area contributed by atoms with Crippen molar-refractivity contribution in [2.24, 2.45) is 5.92 Å². The van der Waals surface area contributed by atoms with Gasteiger partial charge in [-0.25, -0.2) is 0 Å². The third-order valence-corrected chi connectivity index (χ3v) is 5.70. The van der Waals surface area contributed by atoms with E-state index in [1.54, 1.807) is 0 Å².